The summed E-state index contributed by atoms with van der Waals surface area (Å²) >= 11 is 0. The normalized spacial score (nSPS) is 18.2. The van der Waals surface area contributed by atoms with Gasteiger partial charge in [0.1, 0.15) is 23.4 Å². The number of ether oxygens (including phenoxy) is 2. The van der Waals surface area contributed by atoms with Crippen molar-refractivity contribution in [2.75, 3.05) is 32.2 Å². The van der Waals surface area contributed by atoms with Gasteiger partial charge in [-0.1, -0.05) is 19.9 Å². The molecule has 172 valence electrons. The van der Waals surface area contributed by atoms with E-state index in [1.165, 1.54) is 12.1 Å². The first-order valence-corrected chi connectivity index (χ1v) is 11.1. The van der Waals surface area contributed by atoms with Crippen LogP contribution < -0.4 is 15.4 Å². The van der Waals surface area contributed by atoms with Crippen molar-refractivity contribution in [3.63, 3.8) is 0 Å². The number of halogens is 2. The number of nitrogens with one attached hydrogen (secondary N) is 2. The van der Waals surface area contributed by atoms with E-state index < -0.39 is 23.1 Å². The maximum Gasteiger partial charge on any atom is 0.246 e. The average molecular weight is 445 g/mol. The maximum atomic E-state index is 14.9. The predicted molar refractivity (Wildman–Crippen MR) is 119 cm³/mol. The van der Waals surface area contributed by atoms with Gasteiger partial charge in [0.25, 0.3) is 0 Å². The van der Waals surface area contributed by atoms with Crippen molar-refractivity contribution in [2.45, 2.75) is 44.6 Å². The number of hydrogen-bond donors (Lipinski definition) is 2. The van der Waals surface area contributed by atoms with Crippen LogP contribution >= 0.6 is 0 Å². The Kier molecular flexibility index (Phi) is 6.49. The van der Waals surface area contributed by atoms with E-state index in [2.05, 4.69) is 10.6 Å². The van der Waals surface area contributed by atoms with Crippen LogP contribution in [0.3, 0.4) is 0 Å². The van der Waals surface area contributed by atoms with E-state index in [9.17, 15) is 13.6 Å². The Morgan fingerprint density at radius 3 is 2.56 bits per heavy atom. The summed E-state index contributed by atoms with van der Waals surface area (Å²) in [6.07, 6.45) is 3.09. The zero-order chi connectivity index (χ0) is 22.9. The first-order valence-electron chi connectivity index (χ1n) is 11.1. The first kappa shape index (κ1) is 22.7. The molecule has 1 amide bonds. The van der Waals surface area contributed by atoms with Crippen molar-refractivity contribution in [1.82, 2.24) is 5.32 Å². The highest BCUT2D eigenvalue weighted by Gasteiger charge is 2.31. The Hall–Kier alpha value is -2.51. The largest absolute Gasteiger partial charge is 0.497 e. The number of fused-ring (bicyclic) bond motifs is 1. The van der Waals surface area contributed by atoms with Crippen LogP contribution in [0.4, 0.5) is 14.5 Å². The van der Waals surface area contributed by atoms with Gasteiger partial charge in [-0.2, -0.15) is 0 Å². The van der Waals surface area contributed by atoms with E-state index in [-0.39, 0.29) is 23.8 Å². The van der Waals surface area contributed by atoms with Crippen molar-refractivity contribution >= 4 is 11.6 Å². The summed E-state index contributed by atoms with van der Waals surface area (Å²) in [4.78, 5) is 12.9. The minimum absolute atomic E-state index is 0.0282. The Morgan fingerprint density at radius 1 is 1.19 bits per heavy atom. The molecule has 1 saturated carbocycles. The molecule has 0 saturated heterocycles. The number of carbonyl (C=O) groups is 1. The molecular weight excluding hydrogens is 414 g/mol. The molecule has 0 unspecified atom stereocenters. The summed E-state index contributed by atoms with van der Waals surface area (Å²) in [6, 6.07) is 7.31. The second-order valence-electron chi connectivity index (χ2n) is 9.35. The van der Waals surface area contributed by atoms with Crippen molar-refractivity contribution < 1.29 is 23.0 Å². The number of methoxy groups -OCH3 is 1. The second kappa shape index (κ2) is 9.16. The number of amides is 1. The van der Waals surface area contributed by atoms with E-state index in [0.717, 1.165) is 36.1 Å². The lowest BCUT2D eigenvalue weighted by atomic mass is 9.84. The summed E-state index contributed by atoms with van der Waals surface area (Å²) in [5, 5.41) is 5.84. The van der Waals surface area contributed by atoms with Gasteiger partial charge in [-0.25, -0.2) is 8.78 Å². The fourth-order valence-corrected chi connectivity index (χ4v) is 4.25. The highest BCUT2D eigenvalue weighted by Crippen LogP contribution is 2.34. The Balaban J connectivity index is 1.48. The van der Waals surface area contributed by atoms with Gasteiger partial charge in [-0.15, -0.1) is 0 Å². The summed E-state index contributed by atoms with van der Waals surface area (Å²) < 4.78 is 40.8. The van der Waals surface area contributed by atoms with Crippen LogP contribution in [0.1, 0.15) is 49.4 Å². The smallest absolute Gasteiger partial charge is 0.246 e. The minimum atomic E-state index is -0.825. The molecule has 2 aromatic rings. The predicted octanol–water partition coefficient (Wildman–Crippen LogP) is 4.50. The summed E-state index contributed by atoms with van der Waals surface area (Å²) in [6.45, 7) is 5.00. The van der Waals surface area contributed by atoms with E-state index in [1.807, 2.05) is 12.1 Å². The van der Waals surface area contributed by atoms with Crippen molar-refractivity contribution in [1.29, 1.82) is 0 Å². The van der Waals surface area contributed by atoms with Gasteiger partial charge >= 0.3 is 0 Å². The molecule has 32 heavy (non-hydrogen) atoms. The van der Waals surface area contributed by atoms with Crippen LogP contribution in [0, 0.1) is 17.6 Å². The van der Waals surface area contributed by atoms with Crippen LogP contribution in [0.5, 0.6) is 5.75 Å². The molecule has 1 atom stereocenters. The van der Waals surface area contributed by atoms with Crippen LogP contribution in [0.15, 0.2) is 30.3 Å². The Bertz CT molecular complexity index is 982. The van der Waals surface area contributed by atoms with Gasteiger partial charge in [0.15, 0.2) is 0 Å². The van der Waals surface area contributed by atoms with Crippen molar-refractivity contribution in [3.8, 4) is 5.75 Å². The van der Waals surface area contributed by atoms with E-state index in [4.69, 9.17) is 9.47 Å². The van der Waals surface area contributed by atoms with Crippen molar-refractivity contribution in [2.24, 2.45) is 5.92 Å². The molecule has 1 fully saturated rings. The van der Waals surface area contributed by atoms with Crippen LogP contribution in [0.25, 0.3) is 0 Å². The third-order valence-electron chi connectivity index (χ3n) is 6.17. The fourth-order valence-electron chi connectivity index (χ4n) is 4.25. The first-order chi connectivity index (χ1) is 15.3. The highest BCUT2D eigenvalue weighted by atomic mass is 19.1. The zero-order valence-corrected chi connectivity index (χ0v) is 18.8. The molecule has 5 nitrogen and oxygen atoms in total. The molecule has 2 N–H and O–H groups in total. The molecule has 1 aliphatic carbocycles. The number of anilines is 1. The molecule has 1 aliphatic heterocycles. The monoisotopic (exact) mass is 444 g/mol. The highest BCUT2D eigenvalue weighted by molar-refractivity contribution is 5.96. The number of hydrogen-bond acceptors (Lipinski definition) is 4. The molecule has 2 aromatic carbocycles. The molecule has 0 aromatic heterocycles. The topological polar surface area (TPSA) is 59.6 Å². The molecule has 0 radical (unpaired) electrons. The Labute approximate surface area is 187 Å². The standard InChI is InChI=1S/C25H30F2N2O3/c1-25(2,14-32-13-15-4-5-15)22-20(26)11-17(12-21(22)27)29-24(30)23-19-7-6-18(31-3)10-16(19)8-9-28-23/h6-7,10-12,15,23,28H,4-5,8-9,13-14H2,1-3H3,(H,29,30)/t23-/m1/s1. The van der Waals surface area contributed by atoms with Crippen LogP contribution in [-0.4, -0.2) is 32.8 Å². The van der Waals surface area contributed by atoms with Gasteiger partial charge in [-0.05, 0) is 60.6 Å². The third kappa shape index (κ3) is 4.94. The molecule has 2 aliphatic rings. The lowest BCUT2D eigenvalue weighted by Crippen LogP contribution is -2.38. The van der Waals surface area contributed by atoms with E-state index >= 15 is 0 Å². The van der Waals surface area contributed by atoms with Crippen molar-refractivity contribution in [3.05, 3.63) is 58.7 Å². The van der Waals surface area contributed by atoms with E-state index in [1.54, 1.807) is 27.0 Å². The lowest BCUT2D eigenvalue weighted by Gasteiger charge is -2.28. The summed E-state index contributed by atoms with van der Waals surface area (Å²) in [7, 11) is 1.60. The SMILES string of the molecule is COc1ccc2c(c1)CCN[C@H]2C(=O)Nc1cc(F)c(C(C)(C)COCC2CC2)c(F)c1. The lowest BCUT2D eigenvalue weighted by molar-refractivity contribution is -0.118. The van der Waals surface area contributed by atoms with Crippen LogP contribution in [-0.2, 0) is 21.4 Å². The number of carbonyl (C=O) groups excluding carboxylic acids is 1. The van der Waals surface area contributed by atoms with Gasteiger partial charge in [0.2, 0.25) is 5.91 Å². The third-order valence-corrected chi connectivity index (χ3v) is 6.17. The van der Waals surface area contributed by atoms with E-state index in [0.29, 0.717) is 19.1 Å². The quantitative estimate of drug-likeness (QED) is 0.629. The molecule has 1 heterocycles. The second-order valence-corrected chi connectivity index (χ2v) is 9.35. The molecule has 0 bridgehead atoms. The number of benzene rings is 2. The Morgan fingerprint density at radius 2 is 1.91 bits per heavy atom. The zero-order valence-electron chi connectivity index (χ0n) is 18.8. The number of rotatable bonds is 8. The van der Waals surface area contributed by atoms with Gasteiger partial charge in [0, 0.05) is 29.8 Å². The molecule has 7 heteroatoms. The van der Waals surface area contributed by atoms with Gasteiger partial charge in [-0.3, -0.25) is 4.79 Å². The average Bonchev–Trinajstić information content (AvgIpc) is 3.56. The molecule has 0 spiro atoms. The molecule has 4 rings (SSSR count). The fraction of sp³-hybridized carbons (Fsp3) is 0.480. The van der Waals surface area contributed by atoms with Gasteiger partial charge < -0.3 is 20.1 Å². The summed E-state index contributed by atoms with van der Waals surface area (Å²) in [5.74, 6) is -0.440. The maximum absolute atomic E-state index is 14.9. The van der Waals surface area contributed by atoms with Crippen LogP contribution in [0.2, 0.25) is 0 Å². The summed E-state index contributed by atoms with van der Waals surface area (Å²) in [5.41, 5.74) is 1.09. The van der Waals surface area contributed by atoms with Gasteiger partial charge in [0.05, 0.1) is 13.7 Å². The molecular formula is C25H30F2N2O3. The minimum Gasteiger partial charge on any atom is -0.497 e.